The standard InChI is InChI=1S/C13H16FN3O/c1-3-11(8(2)15)13-16-12(17-18-13)9-5-4-6-10(14)7-9/h4-8,11H,3,15H2,1-2H3. The summed E-state index contributed by atoms with van der Waals surface area (Å²) in [4.78, 5) is 4.29. The van der Waals surface area contributed by atoms with Gasteiger partial charge >= 0.3 is 0 Å². The average molecular weight is 249 g/mol. The maximum absolute atomic E-state index is 13.1. The molecule has 0 aliphatic rings. The first-order valence-corrected chi connectivity index (χ1v) is 5.97. The first-order valence-electron chi connectivity index (χ1n) is 5.97. The summed E-state index contributed by atoms with van der Waals surface area (Å²) in [5.41, 5.74) is 6.46. The zero-order valence-corrected chi connectivity index (χ0v) is 10.4. The SMILES string of the molecule is CCC(c1nc(-c2cccc(F)c2)no1)C(C)N. The van der Waals surface area contributed by atoms with Crippen LogP contribution in [-0.4, -0.2) is 16.2 Å². The van der Waals surface area contributed by atoms with Crippen LogP contribution in [0.5, 0.6) is 0 Å². The van der Waals surface area contributed by atoms with E-state index in [1.165, 1.54) is 12.1 Å². The molecule has 0 saturated carbocycles. The molecule has 18 heavy (non-hydrogen) atoms. The summed E-state index contributed by atoms with van der Waals surface area (Å²) >= 11 is 0. The smallest absolute Gasteiger partial charge is 0.231 e. The Morgan fingerprint density at radius 3 is 2.83 bits per heavy atom. The van der Waals surface area contributed by atoms with Crippen LogP contribution in [-0.2, 0) is 0 Å². The Labute approximate surface area is 105 Å². The molecule has 2 aromatic rings. The lowest BCUT2D eigenvalue weighted by molar-refractivity contribution is 0.334. The van der Waals surface area contributed by atoms with Crippen molar-refractivity contribution in [2.45, 2.75) is 32.2 Å². The van der Waals surface area contributed by atoms with E-state index in [1.807, 2.05) is 13.8 Å². The lowest BCUT2D eigenvalue weighted by atomic mass is 9.99. The van der Waals surface area contributed by atoms with Gasteiger partial charge in [-0.25, -0.2) is 4.39 Å². The van der Waals surface area contributed by atoms with E-state index in [1.54, 1.807) is 12.1 Å². The highest BCUT2D eigenvalue weighted by Crippen LogP contribution is 2.24. The normalized spacial score (nSPS) is 14.4. The molecule has 0 aliphatic carbocycles. The highest BCUT2D eigenvalue weighted by molar-refractivity contribution is 5.53. The molecule has 1 aromatic carbocycles. The predicted octanol–water partition coefficient (Wildman–Crippen LogP) is 2.72. The minimum atomic E-state index is -0.321. The van der Waals surface area contributed by atoms with Gasteiger partial charge in [0, 0.05) is 11.6 Å². The molecule has 0 aliphatic heterocycles. The fourth-order valence-corrected chi connectivity index (χ4v) is 1.90. The maximum atomic E-state index is 13.1. The molecule has 2 N–H and O–H groups in total. The summed E-state index contributed by atoms with van der Waals surface area (Å²) in [5, 5.41) is 3.87. The molecule has 5 heteroatoms. The van der Waals surface area contributed by atoms with Gasteiger partial charge in [0.15, 0.2) is 0 Å². The van der Waals surface area contributed by atoms with E-state index >= 15 is 0 Å². The minimum absolute atomic E-state index is 0.0276. The average Bonchev–Trinajstić information content (AvgIpc) is 2.79. The maximum Gasteiger partial charge on any atom is 0.231 e. The fraction of sp³-hybridized carbons (Fsp3) is 0.385. The number of nitrogens with two attached hydrogens (primary N) is 1. The van der Waals surface area contributed by atoms with Gasteiger partial charge in [-0.15, -0.1) is 0 Å². The van der Waals surface area contributed by atoms with Crippen molar-refractivity contribution in [3.05, 3.63) is 36.0 Å². The topological polar surface area (TPSA) is 64.9 Å². The molecule has 0 saturated heterocycles. The highest BCUT2D eigenvalue weighted by atomic mass is 19.1. The van der Waals surface area contributed by atoms with Crippen LogP contribution in [0.4, 0.5) is 4.39 Å². The Bertz CT molecular complexity index is 524. The Morgan fingerprint density at radius 1 is 1.44 bits per heavy atom. The van der Waals surface area contributed by atoms with E-state index in [2.05, 4.69) is 10.1 Å². The summed E-state index contributed by atoms with van der Waals surface area (Å²) in [7, 11) is 0. The quantitative estimate of drug-likeness (QED) is 0.904. The Kier molecular flexibility index (Phi) is 3.72. The lowest BCUT2D eigenvalue weighted by Crippen LogP contribution is -2.24. The third-order valence-corrected chi connectivity index (χ3v) is 2.92. The Balaban J connectivity index is 2.30. The Morgan fingerprint density at radius 2 is 2.22 bits per heavy atom. The van der Waals surface area contributed by atoms with Crippen LogP contribution < -0.4 is 5.73 Å². The largest absolute Gasteiger partial charge is 0.339 e. The number of benzene rings is 1. The van der Waals surface area contributed by atoms with Gasteiger partial charge in [0.2, 0.25) is 11.7 Å². The summed E-state index contributed by atoms with van der Waals surface area (Å²) in [6, 6.07) is 6.05. The molecule has 96 valence electrons. The van der Waals surface area contributed by atoms with E-state index < -0.39 is 0 Å². The number of halogens is 1. The molecule has 0 radical (unpaired) electrons. The number of hydrogen-bond donors (Lipinski definition) is 1. The van der Waals surface area contributed by atoms with Crippen molar-refractivity contribution >= 4 is 0 Å². The number of hydrogen-bond acceptors (Lipinski definition) is 4. The van der Waals surface area contributed by atoms with Crippen molar-refractivity contribution < 1.29 is 8.91 Å². The van der Waals surface area contributed by atoms with E-state index in [-0.39, 0.29) is 17.8 Å². The molecular weight excluding hydrogens is 233 g/mol. The monoisotopic (exact) mass is 249 g/mol. The molecule has 0 fully saturated rings. The van der Waals surface area contributed by atoms with Crippen molar-refractivity contribution in [3.63, 3.8) is 0 Å². The molecule has 0 spiro atoms. The zero-order valence-electron chi connectivity index (χ0n) is 10.4. The van der Waals surface area contributed by atoms with Gasteiger partial charge < -0.3 is 10.3 Å². The molecule has 1 heterocycles. The summed E-state index contributed by atoms with van der Waals surface area (Å²) in [6.07, 6.45) is 0.822. The molecule has 4 nitrogen and oxygen atoms in total. The molecular formula is C13H16FN3O. The van der Waals surface area contributed by atoms with Gasteiger partial charge in [-0.05, 0) is 25.5 Å². The van der Waals surface area contributed by atoms with Crippen molar-refractivity contribution in [1.82, 2.24) is 10.1 Å². The van der Waals surface area contributed by atoms with Crippen LogP contribution in [0.2, 0.25) is 0 Å². The molecule has 2 rings (SSSR count). The van der Waals surface area contributed by atoms with Gasteiger partial charge in [0.25, 0.3) is 0 Å². The van der Waals surface area contributed by atoms with Crippen molar-refractivity contribution in [3.8, 4) is 11.4 Å². The van der Waals surface area contributed by atoms with Crippen LogP contribution in [0.15, 0.2) is 28.8 Å². The summed E-state index contributed by atoms with van der Waals surface area (Å²) < 4.78 is 18.3. The van der Waals surface area contributed by atoms with Crippen molar-refractivity contribution in [1.29, 1.82) is 0 Å². The fourth-order valence-electron chi connectivity index (χ4n) is 1.90. The first kappa shape index (κ1) is 12.7. The molecule has 1 aromatic heterocycles. The lowest BCUT2D eigenvalue weighted by Gasteiger charge is -2.13. The number of aromatic nitrogens is 2. The van der Waals surface area contributed by atoms with E-state index in [0.29, 0.717) is 17.3 Å². The number of nitrogens with zero attached hydrogens (tertiary/aromatic N) is 2. The van der Waals surface area contributed by atoms with E-state index in [9.17, 15) is 4.39 Å². The molecule has 2 atom stereocenters. The molecule has 2 unspecified atom stereocenters. The molecule has 0 bridgehead atoms. The van der Waals surface area contributed by atoms with Gasteiger partial charge in [0.1, 0.15) is 5.82 Å². The first-order chi connectivity index (χ1) is 8.61. The van der Waals surface area contributed by atoms with Crippen LogP contribution in [0, 0.1) is 5.82 Å². The second kappa shape index (κ2) is 5.27. The summed E-state index contributed by atoms with van der Waals surface area (Å²) in [5.74, 6) is 0.605. The van der Waals surface area contributed by atoms with Gasteiger partial charge in [-0.2, -0.15) is 4.98 Å². The van der Waals surface area contributed by atoms with Crippen molar-refractivity contribution in [2.75, 3.05) is 0 Å². The minimum Gasteiger partial charge on any atom is -0.339 e. The van der Waals surface area contributed by atoms with Crippen LogP contribution >= 0.6 is 0 Å². The van der Waals surface area contributed by atoms with Crippen LogP contribution in [0.25, 0.3) is 11.4 Å². The Hall–Kier alpha value is -1.75. The van der Waals surface area contributed by atoms with Crippen LogP contribution in [0.3, 0.4) is 0 Å². The third kappa shape index (κ3) is 2.56. The van der Waals surface area contributed by atoms with Gasteiger partial charge in [-0.1, -0.05) is 24.2 Å². The predicted molar refractivity (Wildman–Crippen MR) is 66.4 cm³/mol. The van der Waals surface area contributed by atoms with Gasteiger partial charge in [0.05, 0.1) is 5.92 Å². The van der Waals surface area contributed by atoms with Crippen molar-refractivity contribution in [2.24, 2.45) is 5.73 Å². The van der Waals surface area contributed by atoms with E-state index in [4.69, 9.17) is 10.3 Å². The van der Waals surface area contributed by atoms with E-state index in [0.717, 1.165) is 6.42 Å². The summed E-state index contributed by atoms with van der Waals surface area (Å²) in [6.45, 7) is 3.92. The second-order valence-corrected chi connectivity index (χ2v) is 4.34. The zero-order chi connectivity index (χ0) is 13.1. The second-order valence-electron chi connectivity index (χ2n) is 4.34. The third-order valence-electron chi connectivity index (χ3n) is 2.92. The van der Waals surface area contributed by atoms with Crippen LogP contribution in [0.1, 0.15) is 32.1 Å². The number of rotatable bonds is 4. The highest BCUT2D eigenvalue weighted by Gasteiger charge is 2.21. The van der Waals surface area contributed by atoms with Gasteiger partial charge in [-0.3, -0.25) is 0 Å². The molecule has 0 amide bonds.